The van der Waals surface area contributed by atoms with Crippen molar-refractivity contribution in [3.05, 3.63) is 11.1 Å². The lowest BCUT2D eigenvalue weighted by Gasteiger charge is -2.28. The monoisotopic (exact) mass is 336 g/mol. The Bertz CT molecular complexity index is 512. The molecule has 2 aliphatic rings. The minimum Gasteiger partial charge on any atom is -0.324 e. The van der Waals surface area contributed by atoms with Crippen LogP contribution < -0.4 is 5.32 Å². The van der Waals surface area contributed by atoms with E-state index >= 15 is 0 Å². The minimum absolute atomic E-state index is 0.0172. The molecule has 2 aliphatic heterocycles. The number of urea groups is 1. The van der Waals surface area contributed by atoms with Crippen molar-refractivity contribution in [1.29, 1.82) is 0 Å². The average molecular weight is 337 g/mol. The number of carbonyl (C=O) groups is 1. The van der Waals surface area contributed by atoms with Crippen molar-refractivity contribution in [1.82, 2.24) is 14.8 Å². The highest BCUT2D eigenvalue weighted by Gasteiger charge is 2.28. The van der Waals surface area contributed by atoms with Crippen molar-refractivity contribution >= 4 is 22.5 Å². The maximum Gasteiger partial charge on any atom is 0.323 e. The number of piperidine rings is 1. The number of hydrogen-bond donors (Lipinski definition) is 1. The summed E-state index contributed by atoms with van der Waals surface area (Å²) in [7, 11) is 0. The molecule has 2 fully saturated rings. The van der Waals surface area contributed by atoms with Crippen molar-refractivity contribution in [2.75, 3.05) is 38.0 Å². The van der Waals surface area contributed by atoms with Crippen LogP contribution in [0.25, 0.3) is 0 Å². The molecule has 1 N–H and O–H groups in total. The van der Waals surface area contributed by atoms with E-state index in [2.05, 4.69) is 22.1 Å². The van der Waals surface area contributed by atoms with Crippen LogP contribution in [-0.2, 0) is 6.42 Å². The molecule has 6 heteroatoms. The molecule has 1 aromatic rings. The second-order valence-electron chi connectivity index (χ2n) is 6.79. The summed E-state index contributed by atoms with van der Waals surface area (Å²) in [5, 5.41) is 5.75. The summed E-state index contributed by atoms with van der Waals surface area (Å²) in [6.45, 7) is 7.53. The fraction of sp³-hybridized carbons (Fsp3) is 0.765. The normalized spacial score (nSPS) is 22.5. The van der Waals surface area contributed by atoms with Gasteiger partial charge in [-0.15, -0.1) is 11.3 Å². The first-order valence-electron chi connectivity index (χ1n) is 8.97. The molecular formula is C17H28N4OS. The molecule has 23 heavy (non-hydrogen) atoms. The van der Waals surface area contributed by atoms with E-state index in [4.69, 9.17) is 0 Å². The topological polar surface area (TPSA) is 48.5 Å². The molecule has 0 aliphatic carbocycles. The Morgan fingerprint density at radius 1 is 1.35 bits per heavy atom. The van der Waals surface area contributed by atoms with Crippen molar-refractivity contribution in [3.8, 4) is 0 Å². The van der Waals surface area contributed by atoms with E-state index in [0.29, 0.717) is 5.92 Å². The molecular weight excluding hydrogens is 308 g/mol. The number of aryl methyl sites for hydroxylation is 1. The second kappa shape index (κ2) is 8.11. The number of nitrogens with one attached hydrogen (secondary N) is 1. The number of amides is 2. The van der Waals surface area contributed by atoms with Crippen LogP contribution in [0.5, 0.6) is 0 Å². The van der Waals surface area contributed by atoms with Crippen LogP contribution in [0.1, 0.15) is 44.7 Å². The fourth-order valence-electron chi connectivity index (χ4n) is 3.58. The molecule has 3 heterocycles. The number of carbonyl (C=O) groups excluding carboxylic acids is 1. The van der Waals surface area contributed by atoms with Gasteiger partial charge in [0.05, 0.1) is 5.69 Å². The maximum absolute atomic E-state index is 12.4. The smallest absolute Gasteiger partial charge is 0.323 e. The average Bonchev–Trinajstić information content (AvgIpc) is 3.18. The summed E-state index contributed by atoms with van der Waals surface area (Å²) in [5.74, 6) is 0.630. The van der Waals surface area contributed by atoms with Gasteiger partial charge in [0.15, 0.2) is 5.13 Å². The number of anilines is 1. The lowest BCUT2D eigenvalue weighted by atomic mass is 10.1. The van der Waals surface area contributed by atoms with Crippen molar-refractivity contribution in [3.63, 3.8) is 0 Å². The highest BCUT2D eigenvalue weighted by molar-refractivity contribution is 7.13. The largest absolute Gasteiger partial charge is 0.324 e. The highest BCUT2D eigenvalue weighted by Crippen LogP contribution is 2.22. The summed E-state index contributed by atoms with van der Waals surface area (Å²) in [6.07, 6.45) is 7.24. The Kier molecular flexibility index (Phi) is 5.89. The zero-order valence-corrected chi connectivity index (χ0v) is 14.9. The quantitative estimate of drug-likeness (QED) is 0.896. The Morgan fingerprint density at radius 2 is 2.17 bits per heavy atom. The lowest BCUT2D eigenvalue weighted by Crippen LogP contribution is -2.37. The van der Waals surface area contributed by atoms with Crippen LogP contribution in [0.4, 0.5) is 9.93 Å². The molecule has 0 aromatic carbocycles. The number of nitrogens with zero attached hydrogens (tertiary/aromatic N) is 3. The van der Waals surface area contributed by atoms with E-state index in [0.717, 1.165) is 49.7 Å². The Balaban J connectivity index is 1.44. The second-order valence-corrected chi connectivity index (χ2v) is 7.64. The third-order valence-corrected chi connectivity index (χ3v) is 5.62. The Hall–Kier alpha value is -1.14. The van der Waals surface area contributed by atoms with Gasteiger partial charge in [-0.05, 0) is 44.7 Å². The standard InChI is InChI=1S/C17H28N4OS/c1-2-6-15-13-23-16(18-15)19-17(22)21-10-7-14(12-21)11-20-8-4-3-5-9-20/h13-14H,2-12H2,1H3,(H,18,19,22). The third-order valence-electron chi connectivity index (χ3n) is 4.81. The van der Waals surface area contributed by atoms with Crippen LogP contribution in [0, 0.1) is 5.92 Å². The summed E-state index contributed by atoms with van der Waals surface area (Å²) in [4.78, 5) is 21.4. The summed E-state index contributed by atoms with van der Waals surface area (Å²) >= 11 is 1.53. The fourth-order valence-corrected chi connectivity index (χ4v) is 4.31. The van der Waals surface area contributed by atoms with Gasteiger partial charge in [0, 0.05) is 25.0 Å². The van der Waals surface area contributed by atoms with Gasteiger partial charge in [-0.2, -0.15) is 0 Å². The predicted octanol–water partition coefficient (Wildman–Crippen LogP) is 3.44. The van der Waals surface area contributed by atoms with E-state index in [1.807, 2.05) is 10.3 Å². The molecule has 1 unspecified atom stereocenters. The highest BCUT2D eigenvalue weighted by atomic mass is 32.1. The SMILES string of the molecule is CCCc1csc(NC(=O)N2CCC(CN3CCCCC3)C2)n1. The molecule has 0 spiro atoms. The minimum atomic E-state index is 0.0172. The summed E-state index contributed by atoms with van der Waals surface area (Å²) < 4.78 is 0. The summed E-state index contributed by atoms with van der Waals surface area (Å²) in [5.41, 5.74) is 1.08. The van der Waals surface area contributed by atoms with Crippen LogP contribution in [-0.4, -0.2) is 53.5 Å². The van der Waals surface area contributed by atoms with Gasteiger partial charge >= 0.3 is 6.03 Å². The molecule has 2 saturated heterocycles. The Labute approximate surface area is 143 Å². The molecule has 1 aromatic heterocycles. The first kappa shape index (κ1) is 16.7. The predicted molar refractivity (Wildman–Crippen MR) is 95.1 cm³/mol. The van der Waals surface area contributed by atoms with E-state index in [-0.39, 0.29) is 6.03 Å². The number of rotatable bonds is 5. The van der Waals surface area contributed by atoms with Crippen LogP contribution in [0.15, 0.2) is 5.38 Å². The number of likely N-dealkylation sites (tertiary alicyclic amines) is 2. The number of thiazole rings is 1. The zero-order chi connectivity index (χ0) is 16.1. The van der Waals surface area contributed by atoms with E-state index in [9.17, 15) is 4.79 Å². The number of aromatic nitrogens is 1. The van der Waals surface area contributed by atoms with Gasteiger partial charge in [-0.1, -0.05) is 19.8 Å². The summed E-state index contributed by atoms with van der Waals surface area (Å²) in [6, 6.07) is 0.0172. The van der Waals surface area contributed by atoms with Crippen molar-refractivity contribution in [2.24, 2.45) is 5.92 Å². The van der Waals surface area contributed by atoms with Gasteiger partial charge in [0.25, 0.3) is 0 Å². The van der Waals surface area contributed by atoms with Gasteiger partial charge < -0.3 is 9.80 Å². The Morgan fingerprint density at radius 3 is 2.96 bits per heavy atom. The van der Waals surface area contributed by atoms with Gasteiger partial charge in [0.1, 0.15) is 0 Å². The molecule has 3 rings (SSSR count). The first-order chi connectivity index (χ1) is 11.2. The molecule has 0 radical (unpaired) electrons. The maximum atomic E-state index is 12.4. The van der Waals surface area contributed by atoms with Gasteiger partial charge in [-0.25, -0.2) is 9.78 Å². The lowest BCUT2D eigenvalue weighted by molar-refractivity contribution is 0.192. The molecule has 5 nitrogen and oxygen atoms in total. The molecule has 1 atom stereocenters. The third kappa shape index (κ3) is 4.67. The first-order valence-corrected chi connectivity index (χ1v) is 9.85. The molecule has 128 valence electrons. The van der Waals surface area contributed by atoms with Crippen LogP contribution in [0.2, 0.25) is 0 Å². The van der Waals surface area contributed by atoms with E-state index in [1.54, 1.807) is 0 Å². The van der Waals surface area contributed by atoms with Crippen molar-refractivity contribution in [2.45, 2.75) is 45.4 Å². The molecule has 0 bridgehead atoms. The molecule has 2 amide bonds. The van der Waals surface area contributed by atoms with Crippen molar-refractivity contribution < 1.29 is 4.79 Å². The van der Waals surface area contributed by atoms with E-state index in [1.165, 1.54) is 43.7 Å². The van der Waals surface area contributed by atoms with E-state index < -0.39 is 0 Å². The van der Waals surface area contributed by atoms with Gasteiger partial charge in [-0.3, -0.25) is 5.32 Å². The van der Waals surface area contributed by atoms with Crippen LogP contribution >= 0.6 is 11.3 Å². The van der Waals surface area contributed by atoms with Crippen LogP contribution in [0.3, 0.4) is 0 Å². The van der Waals surface area contributed by atoms with Gasteiger partial charge in [0.2, 0.25) is 0 Å². The molecule has 0 saturated carbocycles. The zero-order valence-electron chi connectivity index (χ0n) is 14.1. The number of hydrogen-bond acceptors (Lipinski definition) is 4.